The first-order chi connectivity index (χ1) is 11.3. The van der Waals surface area contributed by atoms with Gasteiger partial charge in [0.2, 0.25) is 5.91 Å². The number of hydrogen-bond acceptors (Lipinski definition) is 4. The maximum Gasteiger partial charge on any atom is 0.226 e. The predicted molar refractivity (Wildman–Crippen MR) is 93.5 cm³/mol. The van der Waals surface area contributed by atoms with Crippen molar-refractivity contribution in [1.82, 2.24) is 15.6 Å². The molecular weight excluding hydrogens is 306 g/mol. The van der Waals surface area contributed by atoms with E-state index in [1.165, 1.54) is 24.8 Å². The maximum atomic E-state index is 11.4. The molecule has 1 heterocycles. The van der Waals surface area contributed by atoms with E-state index in [2.05, 4.69) is 51.3 Å². The maximum absolute atomic E-state index is 11.4. The van der Waals surface area contributed by atoms with E-state index in [-0.39, 0.29) is 5.91 Å². The Morgan fingerprint density at radius 1 is 1.30 bits per heavy atom. The van der Waals surface area contributed by atoms with Crippen molar-refractivity contribution >= 4 is 17.2 Å². The lowest BCUT2D eigenvalue weighted by atomic mass is 9.94. The number of carbonyl (C=O) groups excluding carboxylic acids is 1. The molecule has 0 aliphatic heterocycles. The number of rotatable bonds is 6. The summed E-state index contributed by atoms with van der Waals surface area (Å²) in [6, 6.07) is 11.3. The van der Waals surface area contributed by atoms with Crippen molar-refractivity contribution in [3.63, 3.8) is 0 Å². The van der Waals surface area contributed by atoms with Crippen LogP contribution in [0.1, 0.15) is 41.4 Å². The van der Waals surface area contributed by atoms with Gasteiger partial charge >= 0.3 is 0 Å². The fourth-order valence-corrected chi connectivity index (χ4v) is 4.07. The predicted octanol–water partition coefficient (Wildman–Crippen LogP) is 2.86. The van der Waals surface area contributed by atoms with Crippen LogP contribution in [0.5, 0.6) is 0 Å². The van der Waals surface area contributed by atoms with Crippen LogP contribution in [-0.4, -0.2) is 24.0 Å². The van der Waals surface area contributed by atoms with Crippen LogP contribution in [0, 0.1) is 0 Å². The van der Waals surface area contributed by atoms with E-state index in [1.807, 2.05) is 0 Å². The number of thiazole rings is 1. The summed E-state index contributed by atoms with van der Waals surface area (Å²) >= 11 is 1.56. The van der Waals surface area contributed by atoms with E-state index in [4.69, 9.17) is 0 Å². The van der Waals surface area contributed by atoms with Crippen molar-refractivity contribution in [2.75, 3.05) is 7.05 Å². The summed E-state index contributed by atoms with van der Waals surface area (Å²) in [7, 11) is 1.65. The van der Waals surface area contributed by atoms with Gasteiger partial charge in [-0.25, -0.2) is 4.98 Å². The zero-order valence-corrected chi connectivity index (χ0v) is 14.2. The van der Waals surface area contributed by atoms with Crippen molar-refractivity contribution in [2.45, 2.75) is 44.2 Å². The van der Waals surface area contributed by atoms with Gasteiger partial charge < -0.3 is 10.6 Å². The van der Waals surface area contributed by atoms with Crippen molar-refractivity contribution in [2.24, 2.45) is 0 Å². The SMILES string of the molecule is CNC(=O)Cc1nc(CN[C@H]2CCC[C@H]2c2ccccc2)cs1. The molecular formula is C18H23N3OS. The molecule has 1 aliphatic carbocycles. The summed E-state index contributed by atoms with van der Waals surface area (Å²) < 4.78 is 0. The lowest BCUT2D eigenvalue weighted by molar-refractivity contribution is -0.119. The quantitative estimate of drug-likeness (QED) is 0.857. The van der Waals surface area contributed by atoms with Crippen molar-refractivity contribution < 1.29 is 4.79 Å². The second kappa shape index (κ2) is 7.70. The molecule has 122 valence electrons. The Morgan fingerprint density at radius 3 is 2.91 bits per heavy atom. The van der Waals surface area contributed by atoms with E-state index in [0.29, 0.717) is 18.4 Å². The fourth-order valence-electron chi connectivity index (χ4n) is 3.28. The number of nitrogens with one attached hydrogen (secondary N) is 2. The first kappa shape index (κ1) is 16.1. The van der Waals surface area contributed by atoms with Gasteiger partial charge in [-0.2, -0.15) is 0 Å². The molecule has 1 amide bonds. The van der Waals surface area contributed by atoms with Crippen LogP contribution in [0.25, 0.3) is 0 Å². The van der Waals surface area contributed by atoms with Gasteiger partial charge in [0.05, 0.1) is 12.1 Å². The second-order valence-corrected chi connectivity index (χ2v) is 6.96. The standard InChI is InChI=1S/C18H23N3OS/c1-19-17(22)10-18-21-14(12-23-18)11-20-16-9-5-8-15(16)13-6-3-2-4-7-13/h2-4,6-7,12,15-16,20H,5,8-11H2,1H3,(H,19,22)/t15-,16-/m0/s1. The molecule has 5 heteroatoms. The second-order valence-electron chi connectivity index (χ2n) is 6.02. The molecule has 0 spiro atoms. The smallest absolute Gasteiger partial charge is 0.226 e. The molecule has 0 saturated heterocycles. The minimum absolute atomic E-state index is 0.0128. The Kier molecular flexibility index (Phi) is 5.41. The Labute approximate surface area is 141 Å². The summed E-state index contributed by atoms with van der Waals surface area (Å²) in [5.74, 6) is 0.610. The van der Waals surface area contributed by atoms with Gasteiger partial charge in [0, 0.05) is 25.0 Å². The van der Waals surface area contributed by atoms with E-state index < -0.39 is 0 Å². The van der Waals surface area contributed by atoms with Gasteiger partial charge in [-0.05, 0) is 24.3 Å². The third kappa shape index (κ3) is 4.18. The first-order valence-electron chi connectivity index (χ1n) is 8.18. The van der Waals surface area contributed by atoms with Gasteiger partial charge in [-0.3, -0.25) is 4.79 Å². The Bertz CT molecular complexity index is 641. The summed E-state index contributed by atoms with van der Waals surface area (Å²) in [6.07, 6.45) is 4.11. The van der Waals surface area contributed by atoms with Crippen LogP contribution in [-0.2, 0) is 17.8 Å². The largest absolute Gasteiger partial charge is 0.359 e. The van der Waals surface area contributed by atoms with Crippen LogP contribution in [0.15, 0.2) is 35.7 Å². The monoisotopic (exact) mass is 329 g/mol. The highest BCUT2D eigenvalue weighted by atomic mass is 32.1. The third-order valence-electron chi connectivity index (χ3n) is 4.48. The zero-order valence-electron chi connectivity index (χ0n) is 13.4. The van der Waals surface area contributed by atoms with Crippen molar-refractivity contribution in [3.05, 3.63) is 52.0 Å². The van der Waals surface area contributed by atoms with Crippen LogP contribution in [0.2, 0.25) is 0 Å². The first-order valence-corrected chi connectivity index (χ1v) is 9.06. The average Bonchev–Trinajstić information content (AvgIpc) is 3.22. The van der Waals surface area contributed by atoms with Crippen LogP contribution in [0.4, 0.5) is 0 Å². The molecule has 1 aromatic carbocycles. The summed E-state index contributed by atoms with van der Waals surface area (Å²) in [4.78, 5) is 15.9. The average molecular weight is 329 g/mol. The number of hydrogen-bond donors (Lipinski definition) is 2. The number of aromatic nitrogens is 1. The molecule has 1 aromatic heterocycles. The fraction of sp³-hybridized carbons (Fsp3) is 0.444. The van der Waals surface area contributed by atoms with Crippen LogP contribution in [0.3, 0.4) is 0 Å². The molecule has 1 saturated carbocycles. The highest BCUT2D eigenvalue weighted by Crippen LogP contribution is 2.34. The minimum atomic E-state index is 0.0128. The highest BCUT2D eigenvalue weighted by molar-refractivity contribution is 7.09. The molecule has 4 nitrogen and oxygen atoms in total. The van der Waals surface area contributed by atoms with E-state index in [0.717, 1.165) is 17.2 Å². The lowest BCUT2D eigenvalue weighted by Gasteiger charge is -2.21. The molecule has 2 N–H and O–H groups in total. The van der Waals surface area contributed by atoms with Crippen molar-refractivity contribution in [3.8, 4) is 0 Å². The molecule has 0 bridgehead atoms. The Balaban J connectivity index is 1.56. The van der Waals surface area contributed by atoms with Gasteiger partial charge in [-0.1, -0.05) is 36.8 Å². The Hall–Kier alpha value is -1.72. The van der Waals surface area contributed by atoms with Gasteiger partial charge in [0.25, 0.3) is 0 Å². The topological polar surface area (TPSA) is 54.0 Å². The normalized spacial score (nSPS) is 20.6. The molecule has 1 fully saturated rings. The van der Waals surface area contributed by atoms with Gasteiger partial charge in [0.1, 0.15) is 5.01 Å². The van der Waals surface area contributed by atoms with Gasteiger partial charge in [0.15, 0.2) is 0 Å². The van der Waals surface area contributed by atoms with Gasteiger partial charge in [-0.15, -0.1) is 11.3 Å². The molecule has 0 radical (unpaired) electrons. The minimum Gasteiger partial charge on any atom is -0.359 e. The molecule has 0 unspecified atom stereocenters. The lowest BCUT2D eigenvalue weighted by Crippen LogP contribution is -2.30. The van der Waals surface area contributed by atoms with Crippen LogP contribution >= 0.6 is 11.3 Å². The summed E-state index contributed by atoms with van der Waals surface area (Å²) in [5, 5.41) is 9.24. The van der Waals surface area contributed by atoms with Crippen molar-refractivity contribution in [1.29, 1.82) is 0 Å². The molecule has 2 atom stereocenters. The number of carbonyl (C=O) groups is 1. The third-order valence-corrected chi connectivity index (χ3v) is 5.38. The number of benzene rings is 1. The number of nitrogens with zero attached hydrogens (tertiary/aromatic N) is 1. The van der Waals surface area contributed by atoms with Crippen LogP contribution < -0.4 is 10.6 Å². The zero-order chi connectivity index (χ0) is 16.1. The molecule has 1 aliphatic rings. The molecule has 3 rings (SSSR count). The van der Waals surface area contributed by atoms with E-state index in [9.17, 15) is 4.79 Å². The summed E-state index contributed by atoms with van der Waals surface area (Å²) in [5.41, 5.74) is 2.47. The highest BCUT2D eigenvalue weighted by Gasteiger charge is 2.28. The molecule has 23 heavy (non-hydrogen) atoms. The number of amides is 1. The Morgan fingerprint density at radius 2 is 2.13 bits per heavy atom. The van der Waals surface area contributed by atoms with E-state index in [1.54, 1.807) is 18.4 Å². The van der Waals surface area contributed by atoms with E-state index >= 15 is 0 Å². The molecule has 2 aromatic rings. The summed E-state index contributed by atoms with van der Waals surface area (Å²) in [6.45, 7) is 0.776. The number of likely N-dealkylation sites (N-methyl/N-ethyl adjacent to an activating group) is 1.